The Bertz CT molecular complexity index is 539. The zero-order chi connectivity index (χ0) is 16.3. The second-order valence-electron chi connectivity index (χ2n) is 4.82. The molecule has 0 amide bonds. The standard InChI is InChI=1S/C13H18N2O7/c1-2-21-7-3-4-8(9(5-7)15(19)20)14-13-12(18)11(17)10(16)6-22-13/h3-5,10-14,16-18H,2,6H2,1H3/t10-,11-,12-,13+/m0/s1. The van der Waals surface area contributed by atoms with Crippen molar-refractivity contribution in [2.24, 2.45) is 0 Å². The summed E-state index contributed by atoms with van der Waals surface area (Å²) in [6, 6.07) is 4.22. The van der Waals surface area contributed by atoms with Crippen molar-refractivity contribution >= 4 is 11.4 Å². The van der Waals surface area contributed by atoms with Crippen molar-refractivity contribution < 1.29 is 29.7 Å². The highest BCUT2D eigenvalue weighted by molar-refractivity contribution is 5.64. The fourth-order valence-electron chi connectivity index (χ4n) is 2.13. The number of aliphatic hydroxyl groups is 3. The van der Waals surface area contributed by atoms with Gasteiger partial charge in [-0.15, -0.1) is 0 Å². The highest BCUT2D eigenvalue weighted by Gasteiger charge is 2.38. The third-order valence-electron chi connectivity index (χ3n) is 3.28. The van der Waals surface area contributed by atoms with E-state index in [0.717, 1.165) is 0 Å². The van der Waals surface area contributed by atoms with Crippen LogP contribution in [0.25, 0.3) is 0 Å². The van der Waals surface area contributed by atoms with Gasteiger partial charge in [0.2, 0.25) is 0 Å². The van der Waals surface area contributed by atoms with E-state index in [1.165, 1.54) is 12.1 Å². The molecule has 1 aliphatic heterocycles. The summed E-state index contributed by atoms with van der Waals surface area (Å²) in [6.45, 7) is 1.94. The normalized spacial score (nSPS) is 28.2. The zero-order valence-electron chi connectivity index (χ0n) is 11.9. The summed E-state index contributed by atoms with van der Waals surface area (Å²) in [5.74, 6) is 0.348. The summed E-state index contributed by atoms with van der Waals surface area (Å²) in [5, 5.41) is 42.6. The number of benzene rings is 1. The van der Waals surface area contributed by atoms with Crippen LogP contribution in [0.15, 0.2) is 18.2 Å². The predicted molar refractivity (Wildman–Crippen MR) is 75.6 cm³/mol. The summed E-state index contributed by atoms with van der Waals surface area (Å²) in [5.41, 5.74) is -0.136. The molecule has 1 aromatic carbocycles. The van der Waals surface area contributed by atoms with Crippen LogP contribution in [0.5, 0.6) is 5.75 Å². The first-order valence-corrected chi connectivity index (χ1v) is 6.77. The molecule has 2 rings (SSSR count). The van der Waals surface area contributed by atoms with Crippen molar-refractivity contribution in [2.45, 2.75) is 31.5 Å². The van der Waals surface area contributed by atoms with Gasteiger partial charge in [-0.1, -0.05) is 0 Å². The van der Waals surface area contributed by atoms with Crippen LogP contribution >= 0.6 is 0 Å². The highest BCUT2D eigenvalue weighted by Crippen LogP contribution is 2.31. The predicted octanol–water partition coefficient (Wildman–Crippen LogP) is -0.156. The van der Waals surface area contributed by atoms with Crippen LogP contribution in [-0.2, 0) is 4.74 Å². The van der Waals surface area contributed by atoms with Gasteiger partial charge in [0.25, 0.3) is 5.69 Å². The van der Waals surface area contributed by atoms with Crippen molar-refractivity contribution in [3.05, 3.63) is 28.3 Å². The molecule has 1 aliphatic rings. The van der Waals surface area contributed by atoms with Gasteiger partial charge in [-0.3, -0.25) is 10.1 Å². The first kappa shape index (κ1) is 16.4. The van der Waals surface area contributed by atoms with Gasteiger partial charge in [0.1, 0.15) is 29.7 Å². The average Bonchev–Trinajstić information content (AvgIpc) is 2.49. The number of ether oxygens (including phenoxy) is 2. The summed E-state index contributed by atoms with van der Waals surface area (Å²) in [7, 11) is 0. The smallest absolute Gasteiger partial charge is 0.296 e. The highest BCUT2D eigenvalue weighted by atomic mass is 16.6. The molecule has 9 heteroatoms. The Balaban J connectivity index is 2.20. The van der Waals surface area contributed by atoms with Crippen molar-refractivity contribution in [3.63, 3.8) is 0 Å². The number of nitrogens with zero attached hydrogens (tertiary/aromatic N) is 1. The van der Waals surface area contributed by atoms with Crippen molar-refractivity contribution in [2.75, 3.05) is 18.5 Å². The molecule has 1 fully saturated rings. The first-order chi connectivity index (χ1) is 10.4. The maximum atomic E-state index is 11.1. The van der Waals surface area contributed by atoms with Crippen molar-refractivity contribution in [3.8, 4) is 5.75 Å². The maximum absolute atomic E-state index is 11.1. The maximum Gasteiger partial charge on any atom is 0.296 e. The first-order valence-electron chi connectivity index (χ1n) is 6.77. The molecular formula is C13H18N2O7. The molecule has 22 heavy (non-hydrogen) atoms. The van der Waals surface area contributed by atoms with Crippen LogP contribution in [0.2, 0.25) is 0 Å². The molecule has 9 nitrogen and oxygen atoms in total. The minimum absolute atomic E-state index is 0.112. The van der Waals surface area contributed by atoms with Crippen LogP contribution in [0, 0.1) is 10.1 Å². The lowest BCUT2D eigenvalue weighted by molar-refractivity contribution is -0.384. The number of rotatable bonds is 5. The molecule has 0 unspecified atom stereocenters. The lowest BCUT2D eigenvalue weighted by Crippen LogP contribution is -2.55. The molecule has 0 spiro atoms. The SMILES string of the molecule is CCOc1ccc(N[C@@H]2OC[C@H](O)[C@H](O)[C@@H]2O)c([N+](=O)[O-])c1. The van der Waals surface area contributed by atoms with Crippen LogP contribution < -0.4 is 10.1 Å². The van der Waals surface area contributed by atoms with Crippen LogP contribution in [-0.4, -0.2) is 58.0 Å². The van der Waals surface area contributed by atoms with E-state index in [2.05, 4.69) is 5.32 Å². The number of anilines is 1. The molecule has 1 aromatic rings. The van der Waals surface area contributed by atoms with Gasteiger partial charge in [-0.05, 0) is 19.1 Å². The summed E-state index contributed by atoms with van der Waals surface area (Å²) in [4.78, 5) is 10.5. The zero-order valence-corrected chi connectivity index (χ0v) is 11.9. The Morgan fingerprint density at radius 2 is 2.14 bits per heavy atom. The molecule has 0 aromatic heterocycles. The topological polar surface area (TPSA) is 134 Å². The average molecular weight is 314 g/mol. The van der Waals surface area contributed by atoms with Crippen molar-refractivity contribution in [1.29, 1.82) is 0 Å². The van der Waals surface area contributed by atoms with Crippen LogP contribution in [0.3, 0.4) is 0 Å². The second kappa shape index (κ2) is 6.88. The minimum Gasteiger partial charge on any atom is -0.494 e. The molecular weight excluding hydrogens is 296 g/mol. The quantitative estimate of drug-likeness (QED) is 0.435. The Labute approximate surface area is 126 Å². The second-order valence-corrected chi connectivity index (χ2v) is 4.82. The Morgan fingerprint density at radius 3 is 2.77 bits per heavy atom. The van der Waals surface area contributed by atoms with Crippen LogP contribution in [0.1, 0.15) is 6.92 Å². The number of nitrogens with one attached hydrogen (secondary N) is 1. The lowest BCUT2D eigenvalue weighted by atomic mass is 10.0. The van der Waals surface area contributed by atoms with E-state index >= 15 is 0 Å². The Hall–Kier alpha value is -1.94. The Morgan fingerprint density at radius 1 is 1.41 bits per heavy atom. The van der Waals surface area contributed by atoms with Gasteiger partial charge in [0.05, 0.1) is 24.2 Å². The molecule has 0 bridgehead atoms. The molecule has 4 N–H and O–H groups in total. The van der Waals surface area contributed by atoms with E-state index in [-0.39, 0.29) is 18.0 Å². The number of hydrogen-bond donors (Lipinski definition) is 4. The van der Waals surface area contributed by atoms with Crippen molar-refractivity contribution in [1.82, 2.24) is 0 Å². The third kappa shape index (κ3) is 3.45. The number of aliphatic hydroxyl groups excluding tert-OH is 3. The number of nitro groups is 1. The van der Waals surface area contributed by atoms with E-state index in [1.54, 1.807) is 13.0 Å². The van der Waals surface area contributed by atoms with Gasteiger partial charge < -0.3 is 30.1 Å². The van der Waals surface area contributed by atoms with Gasteiger partial charge in [-0.2, -0.15) is 0 Å². The molecule has 0 saturated carbocycles. The number of hydrogen-bond acceptors (Lipinski definition) is 8. The third-order valence-corrected chi connectivity index (χ3v) is 3.28. The van der Waals surface area contributed by atoms with E-state index in [9.17, 15) is 25.4 Å². The van der Waals surface area contributed by atoms with E-state index in [4.69, 9.17) is 9.47 Å². The largest absolute Gasteiger partial charge is 0.494 e. The summed E-state index contributed by atoms with van der Waals surface area (Å²) in [6.07, 6.45) is -5.10. The molecule has 0 aliphatic carbocycles. The fraction of sp³-hybridized carbons (Fsp3) is 0.538. The summed E-state index contributed by atoms with van der Waals surface area (Å²) >= 11 is 0. The van der Waals surface area contributed by atoms with Gasteiger partial charge in [0.15, 0.2) is 6.23 Å². The molecule has 1 heterocycles. The van der Waals surface area contributed by atoms with Gasteiger partial charge in [0, 0.05) is 0 Å². The van der Waals surface area contributed by atoms with E-state index in [0.29, 0.717) is 12.4 Å². The fourth-order valence-corrected chi connectivity index (χ4v) is 2.13. The number of nitro benzene ring substituents is 1. The van der Waals surface area contributed by atoms with Gasteiger partial charge >= 0.3 is 0 Å². The van der Waals surface area contributed by atoms with E-state index in [1.807, 2.05) is 0 Å². The molecule has 122 valence electrons. The lowest BCUT2D eigenvalue weighted by Gasteiger charge is -2.35. The monoisotopic (exact) mass is 314 g/mol. The van der Waals surface area contributed by atoms with Crippen LogP contribution in [0.4, 0.5) is 11.4 Å². The summed E-state index contributed by atoms with van der Waals surface area (Å²) < 4.78 is 10.4. The Kier molecular flexibility index (Phi) is 5.14. The minimum atomic E-state index is -1.42. The van der Waals surface area contributed by atoms with E-state index < -0.39 is 29.5 Å². The molecule has 0 radical (unpaired) electrons. The molecule has 4 atom stereocenters. The van der Waals surface area contributed by atoms with Gasteiger partial charge in [-0.25, -0.2) is 0 Å². The molecule has 1 saturated heterocycles.